The first-order valence-electron chi connectivity index (χ1n) is 9.28. The Kier molecular flexibility index (Phi) is 5.14. The van der Waals surface area contributed by atoms with Gasteiger partial charge in [0.1, 0.15) is 0 Å². The van der Waals surface area contributed by atoms with Gasteiger partial charge in [-0.3, -0.25) is 9.78 Å². The van der Waals surface area contributed by atoms with E-state index >= 15 is 0 Å². The maximum Gasteiger partial charge on any atom is 0.227 e. The van der Waals surface area contributed by atoms with Gasteiger partial charge in [0.05, 0.1) is 4.90 Å². The quantitative estimate of drug-likeness (QED) is 0.633. The minimum absolute atomic E-state index is 0.0563. The van der Waals surface area contributed by atoms with Crippen molar-refractivity contribution >= 4 is 21.4 Å². The molecular weight excluding hydrogens is 392 g/mol. The van der Waals surface area contributed by atoms with Crippen molar-refractivity contribution in [1.82, 2.24) is 15.1 Å². The number of rotatable bonds is 5. The number of carbonyl (C=O) groups is 1. The van der Waals surface area contributed by atoms with Gasteiger partial charge in [0, 0.05) is 49.3 Å². The van der Waals surface area contributed by atoms with Crippen LogP contribution in [0.1, 0.15) is 24.3 Å². The number of benzene rings is 1. The van der Waals surface area contributed by atoms with Crippen molar-refractivity contribution in [2.45, 2.75) is 30.6 Å². The van der Waals surface area contributed by atoms with Crippen LogP contribution in [-0.4, -0.2) is 42.3 Å². The maximum absolute atomic E-state index is 12.8. The first kappa shape index (κ1) is 19.3. The van der Waals surface area contributed by atoms with Crippen molar-refractivity contribution in [3.8, 4) is 11.4 Å². The molecule has 0 saturated heterocycles. The summed E-state index contributed by atoms with van der Waals surface area (Å²) in [5.74, 6) is 0.776. The third kappa shape index (κ3) is 4.19. The second-order valence-electron chi connectivity index (χ2n) is 6.97. The van der Waals surface area contributed by atoms with Crippen LogP contribution in [0.4, 0.5) is 5.69 Å². The Morgan fingerprint density at radius 1 is 1.28 bits per heavy atom. The largest absolute Gasteiger partial charge is 0.339 e. The van der Waals surface area contributed by atoms with Crippen molar-refractivity contribution < 1.29 is 17.7 Å². The van der Waals surface area contributed by atoms with Gasteiger partial charge in [-0.05, 0) is 48.7 Å². The highest BCUT2D eigenvalue weighted by molar-refractivity contribution is 7.90. The van der Waals surface area contributed by atoms with Gasteiger partial charge >= 0.3 is 0 Å². The third-order valence-corrected chi connectivity index (χ3v) is 5.95. The number of aromatic nitrogens is 3. The topological polar surface area (TPSA) is 106 Å². The Morgan fingerprint density at radius 2 is 2.14 bits per heavy atom. The van der Waals surface area contributed by atoms with Crippen molar-refractivity contribution in [2.24, 2.45) is 0 Å². The summed E-state index contributed by atoms with van der Waals surface area (Å²) in [7, 11) is -3.28. The number of aryl methyl sites for hydroxylation is 2. The molecule has 0 atom stereocenters. The lowest BCUT2D eigenvalue weighted by atomic mass is 10.0. The van der Waals surface area contributed by atoms with Crippen LogP contribution >= 0.6 is 0 Å². The lowest BCUT2D eigenvalue weighted by Crippen LogP contribution is -2.35. The van der Waals surface area contributed by atoms with Gasteiger partial charge in [-0.15, -0.1) is 0 Å². The smallest absolute Gasteiger partial charge is 0.227 e. The second-order valence-corrected chi connectivity index (χ2v) is 8.98. The molecule has 29 heavy (non-hydrogen) atoms. The third-order valence-electron chi connectivity index (χ3n) is 4.84. The number of amides is 1. The second kappa shape index (κ2) is 7.75. The summed E-state index contributed by atoms with van der Waals surface area (Å²) in [4.78, 5) is 23.1. The fourth-order valence-electron chi connectivity index (χ4n) is 3.38. The molecule has 0 saturated carbocycles. The van der Waals surface area contributed by atoms with Crippen molar-refractivity contribution in [3.05, 3.63) is 54.2 Å². The Hall–Kier alpha value is -3.07. The van der Waals surface area contributed by atoms with Crippen molar-refractivity contribution in [3.63, 3.8) is 0 Å². The Bertz CT molecular complexity index is 1140. The molecule has 0 bridgehead atoms. The molecule has 150 valence electrons. The number of nitrogens with zero attached hydrogens (tertiary/aromatic N) is 4. The van der Waals surface area contributed by atoms with Gasteiger partial charge in [0.15, 0.2) is 9.84 Å². The van der Waals surface area contributed by atoms with E-state index in [0.717, 1.165) is 29.7 Å². The normalized spacial score (nSPS) is 13.9. The maximum atomic E-state index is 12.8. The molecule has 0 fully saturated rings. The number of hydrogen-bond donors (Lipinski definition) is 0. The van der Waals surface area contributed by atoms with Crippen molar-refractivity contribution in [1.29, 1.82) is 0 Å². The van der Waals surface area contributed by atoms with Crippen LogP contribution in [0.15, 0.2) is 52.1 Å². The molecule has 1 aromatic carbocycles. The molecule has 0 spiro atoms. The van der Waals surface area contributed by atoms with Crippen LogP contribution in [0.5, 0.6) is 0 Å². The Balaban J connectivity index is 1.46. The Morgan fingerprint density at radius 3 is 2.90 bits per heavy atom. The van der Waals surface area contributed by atoms with E-state index < -0.39 is 9.84 Å². The van der Waals surface area contributed by atoms with E-state index in [2.05, 4.69) is 15.1 Å². The number of anilines is 1. The van der Waals surface area contributed by atoms with Gasteiger partial charge in [-0.25, -0.2) is 8.42 Å². The molecule has 3 aromatic rings. The number of pyridine rings is 1. The zero-order chi connectivity index (χ0) is 20.4. The van der Waals surface area contributed by atoms with E-state index in [4.69, 9.17) is 4.52 Å². The van der Waals surface area contributed by atoms with E-state index in [0.29, 0.717) is 24.7 Å². The SMILES string of the molecule is CS(=O)(=O)c1ccc2c(c1)CCCN2C(=O)CCc1nc(-c2cccnc2)no1. The lowest BCUT2D eigenvalue weighted by Gasteiger charge is -2.29. The summed E-state index contributed by atoms with van der Waals surface area (Å²) in [6, 6.07) is 8.57. The van der Waals surface area contributed by atoms with E-state index in [1.165, 1.54) is 6.26 Å². The first-order valence-corrected chi connectivity index (χ1v) is 11.2. The molecule has 0 unspecified atom stereocenters. The van der Waals surface area contributed by atoms with E-state index in [1.807, 2.05) is 6.07 Å². The van der Waals surface area contributed by atoms with E-state index in [9.17, 15) is 13.2 Å². The summed E-state index contributed by atoms with van der Waals surface area (Å²) in [5.41, 5.74) is 2.40. The highest BCUT2D eigenvalue weighted by Crippen LogP contribution is 2.30. The van der Waals surface area contributed by atoms with Crippen molar-refractivity contribution in [2.75, 3.05) is 17.7 Å². The highest BCUT2D eigenvalue weighted by Gasteiger charge is 2.24. The molecule has 1 aliphatic heterocycles. The van der Waals surface area contributed by atoms with Gasteiger partial charge in [-0.1, -0.05) is 5.16 Å². The molecule has 1 amide bonds. The number of sulfone groups is 1. The van der Waals surface area contributed by atoms with Crippen LogP contribution in [0.25, 0.3) is 11.4 Å². The van der Waals surface area contributed by atoms with Crippen LogP contribution in [0.3, 0.4) is 0 Å². The van der Waals surface area contributed by atoms with Gasteiger partial charge < -0.3 is 9.42 Å². The standard InChI is InChI=1S/C20H20N4O4S/c1-29(26,27)16-6-7-17-14(12-16)5-3-11-24(17)19(25)9-8-18-22-20(23-28-18)15-4-2-10-21-13-15/h2,4,6-7,10,12-13H,3,5,8-9,11H2,1H3. The lowest BCUT2D eigenvalue weighted by molar-refractivity contribution is -0.118. The number of carbonyl (C=O) groups excluding carboxylic acids is 1. The summed E-state index contributed by atoms with van der Waals surface area (Å²) in [6.45, 7) is 0.606. The van der Waals surface area contributed by atoms with Crippen LogP contribution in [0, 0.1) is 0 Å². The fraction of sp³-hybridized carbons (Fsp3) is 0.300. The molecule has 3 heterocycles. The van der Waals surface area contributed by atoms with E-state index in [1.54, 1.807) is 41.6 Å². The Labute approximate surface area is 168 Å². The molecule has 8 nitrogen and oxygen atoms in total. The van der Waals surface area contributed by atoms with Crippen LogP contribution in [-0.2, 0) is 27.5 Å². The first-order chi connectivity index (χ1) is 13.9. The molecule has 2 aromatic heterocycles. The predicted octanol–water partition coefficient (Wildman–Crippen LogP) is 2.45. The molecule has 0 radical (unpaired) electrons. The molecule has 0 N–H and O–H groups in total. The van der Waals surface area contributed by atoms with Gasteiger partial charge in [0.25, 0.3) is 0 Å². The zero-order valence-electron chi connectivity index (χ0n) is 15.9. The summed E-state index contributed by atoms with van der Waals surface area (Å²) >= 11 is 0. The van der Waals surface area contributed by atoms with Crippen LogP contribution < -0.4 is 4.90 Å². The average Bonchev–Trinajstić information content (AvgIpc) is 3.20. The van der Waals surface area contributed by atoms with E-state index in [-0.39, 0.29) is 17.2 Å². The summed E-state index contributed by atoms with van der Waals surface area (Å²) in [5, 5.41) is 3.94. The molecule has 9 heteroatoms. The summed E-state index contributed by atoms with van der Waals surface area (Å²) in [6.07, 6.45) is 6.60. The summed E-state index contributed by atoms with van der Waals surface area (Å²) < 4.78 is 28.8. The monoisotopic (exact) mass is 412 g/mol. The minimum Gasteiger partial charge on any atom is -0.339 e. The average molecular weight is 412 g/mol. The molecule has 4 rings (SSSR count). The minimum atomic E-state index is -3.28. The molecular formula is C20H20N4O4S. The fourth-order valence-corrected chi connectivity index (χ4v) is 4.05. The zero-order valence-corrected chi connectivity index (χ0v) is 16.7. The van der Waals surface area contributed by atoms with Crippen LogP contribution in [0.2, 0.25) is 0 Å². The predicted molar refractivity (Wildman–Crippen MR) is 106 cm³/mol. The number of fused-ring (bicyclic) bond motifs is 1. The highest BCUT2D eigenvalue weighted by atomic mass is 32.2. The number of hydrogen-bond acceptors (Lipinski definition) is 7. The van der Waals surface area contributed by atoms with Gasteiger partial charge in [0.2, 0.25) is 17.6 Å². The molecule has 0 aliphatic carbocycles. The molecule has 1 aliphatic rings. The van der Waals surface area contributed by atoms with Gasteiger partial charge in [-0.2, -0.15) is 4.98 Å².